The smallest absolute Gasteiger partial charge is 0.220 e. The lowest BCUT2D eigenvalue weighted by Gasteiger charge is -2.14. The fraction of sp³-hybridized carbons (Fsp3) is 0.733. The van der Waals surface area contributed by atoms with Crippen molar-refractivity contribution in [2.24, 2.45) is 11.7 Å². The Labute approximate surface area is 126 Å². The van der Waals surface area contributed by atoms with Crippen LogP contribution in [0.4, 0.5) is 0 Å². The van der Waals surface area contributed by atoms with Gasteiger partial charge in [-0.1, -0.05) is 26.7 Å². The van der Waals surface area contributed by atoms with Crippen molar-refractivity contribution in [2.75, 3.05) is 6.54 Å². The van der Waals surface area contributed by atoms with Gasteiger partial charge in [0, 0.05) is 17.5 Å². The quantitative estimate of drug-likeness (QED) is 0.698. The van der Waals surface area contributed by atoms with Gasteiger partial charge in [-0.2, -0.15) is 0 Å². The molecule has 1 atom stereocenters. The van der Waals surface area contributed by atoms with Crippen LogP contribution in [0.2, 0.25) is 0 Å². The molecule has 0 aromatic carbocycles. The Bertz CT molecular complexity index is 386. The fourth-order valence-corrected chi connectivity index (χ4v) is 3.07. The number of thiazole rings is 1. The number of nitrogens with two attached hydrogens (primary N) is 1. The molecule has 1 aromatic rings. The predicted octanol–water partition coefficient (Wildman–Crippen LogP) is 2.87. The summed E-state index contributed by atoms with van der Waals surface area (Å²) in [5.74, 6) is 0.707. The summed E-state index contributed by atoms with van der Waals surface area (Å²) in [4.78, 5) is 17.4. The van der Waals surface area contributed by atoms with Crippen LogP contribution < -0.4 is 11.1 Å². The molecule has 0 saturated heterocycles. The van der Waals surface area contributed by atoms with Crippen LogP contribution in [-0.4, -0.2) is 17.4 Å². The number of aryl methyl sites for hydroxylation is 1. The molecule has 0 radical (unpaired) electrons. The van der Waals surface area contributed by atoms with Crippen molar-refractivity contribution in [3.05, 3.63) is 16.1 Å². The lowest BCUT2D eigenvalue weighted by Crippen LogP contribution is -2.23. The van der Waals surface area contributed by atoms with E-state index < -0.39 is 0 Å². The van der Waals surface area contributed by atoms with Crippen molar-refractivity contribution in [3.63, 3.8) is 0 Å². The van der Waals surface area contributed by atoms with Crippen LogP contribution in [0.15, 0.2) is 6.20 Å². The summed E-state index contributed by atoms with van der Waals surface area (Å²) in [6.07, 6.45) is 7.77. The van der Waals surface area contributed by atoms with Gasteiger partial charge in [-0.25, -0.2) is 4.98 Å². The first-order valence-electron chi connectivity index (χ1n) is 7.59. The Morgan fingerprint density at radius 2 is 2.20 bits per heavy atom. The first-order chi connectivity index (χ1) is 9.69. The Morgan fingerprint density at radius 1 is 1.40 bits per heavy atom. The average molecular weight is 297 g/mol. The van der Waals surface area contributed by atoms with E-state index >= 15 is 0 Å². The summed E-state index contributed by atoms with van der Waals surface area (Å²) in [7, 11) is 0. The Balaban J connectivity index is 2.25. The highest BCUT2D eigenvalue weighted by Crippen LogP contribution is 2.17. The monoisotopic (exact) mass is 297 g/mol. The van der Waals surface area contributed by atoms with E-state index in [1.807, 2.05) is 6.20 Å². The zero-order valence-electron chi connectivity index (χ0n) is 12.7. The lowest BCUT2D eigenvalue weighted by atomic mass is 9.94. The van der Waals surface area contributed by atoms with Gasteiger partial charge in [-0.15, -0.1) is 11.3 Å². The van der Waals surface area contributed by atoms with E-state index in [0.29, 0.717) is 25.4 Å². The normalized spacial score (nSPS) is 12.3. The predicted molar refractivity (Wildman–Crippen MR) is 84.6 cm³/mol. The molecule has 1 heterocycles. The second kappa shape index (κ2) is 9.88. The van der Waals surface area contributed by atoms with Crippen LogP contribution >= 0.6 is 11.3 Å². The zero-order chi connectivity index (χ0) is 14.8. The highest BCUT2D eigenvalue weighted by molar-refractivity contribution is 7.11. The minimum atomic E-state index is 0.122. The number of amides is 1. The number of nitrogens with one attached hydrogen (secondary N) is 1. The van der Waals surface area contributed by atoms with Crippen molar-refractivity contribution in [2.45, 2.75) is 58.9 Å². The zero-order valence-corrected chi connectivity index (χ0v) is 13.5. The van der Waals surface area contributed by atoms with Gasteiger partial charge in [0.2, 0.25) is 5.91 Å². The summed E-state index contributed by atoms with van der Waals surface area (Å²) in [6.45, 7) is 5.56. The summed E-state index contributed by atoms with van der Waals surface area (Å²) >= 11 is 1.67. The maximum absolute atomic E-state index is 11.8. The molecule has 1 unspecified atom stereocenters. The Morgan fingerprint density at radius 3 is 2.80 bits per heavy atom. The molecule has 0 saturated carbocycles. The number of rotatable bonds is 10. The molecule has 0 aliphatic rings. The number of carbonyl (C=O) groups excluding carboxylic acids is 1. The van der Waals surface area contributed by atoms with Crippen molar-refractivity contribution in [1.82, 2.24) is 10.3 Å². The molecule has 5 heteroatoms. The molecule has 0 bridgehead atoms. The van der Waals surface area contributed by atoms with Gasteiger partial charge in [0.25, 0.3) is 0 Å². The molecule has 1 aromatic heterocycles. The number of hydrogen-bond donors (Lipinski definition) is 2. The Kier molecular flexibility index (Phi) is 8.46. The number of hydrogen-bond acceptors (Lipinski definition) is 4. The standard InChI is InChI=1S/C15H27N3OS/c1-3-5-12(8-9-16)6-7-14(19)17-11-15-18-10-13(4-2)20-15/h10,12H,3-9,11,16H2,1-2H3,(H,17,19). The average Bonchev–Trinajstić information content (AvgIpc) is 2.91. The minimum absolute atomic E-state index is 0.122. The van der Waals surface area contributed by atoms with E-state index in [2.05, 4.69) is 24.1 Å². The maximum Gasteiger partial charge on any atom is 0.220 e. The third-order valence-electron chi connectivity index (χ3n) is 3.44. The van der Waals surface area contributed by atoms with E-state index in [9.17, 15) is 4.79 Å². The van der Waals surface area contributed by atoms with Crippen LogP contribution in [0, 0.1) is 5.92 Å². The Hall–Kier alpha value is -0.940. The van der Waals surface area contributed by atoms with Gasteiger partial charge >= 0.3 is 0 Å². The lowest BCUT2D eigenvalue weighted by molar-refractivity contribution is -0.121. The van der Waals surface area contributed by atoms with Crippen molar-refractivity contribution in [3.8, 4) is 0 Å². The van der Waals surface area contributed by atoms with Crippen molar-refractivity contribution >= 4 is 17.2 Å². The summed E-state index contributed by atoms with van der Waals surface area (Å²) in [5, 5.41) is 3.94. The summed E-state index contributed by atoms with van der Waals surface area (Å²) in [6, 6.07) is 0. The number of carbonyl (C=O) groups is 1. The van der Waals surface area contributed by atoms with Crippen LogP contribution in [0.3, 0.4) is 0 Å². The number of nitrogens with zero attached hydrogens (tertiary/aromatic N) is 1. The molecule has 114 valence electrons. The summed E-state index contributed by atoms with van der Waals surface area (Å²) in [5.41, 5.74) is 5.61. The van der Waals surface area contributed by atoms with E-state index in [1.54, 1.807) is 11.3 Å². The van der Waals surface area contributed by atoms with Crippen LogP contribution in [0.1, 0.15) is 55.8 Å². The first-order valence-corrected chi connectivity index (χ1v) is 8.41. The minimum Gasteiger partial charge on any atom is -0.350 e. The van der Waals surface area contributed by atoms with Crippen LogP contribution in [0.25, 0.3) is 0 Å². The fourth-order valence-electron chi connectivity index (χ4n) is 2.27. The third kappa shape index (κ3) is 6.48. The van der Waals surface area contributed by atoms with Crippen molar-refractivity contribution in [1.29, 1.82) is 0 Å². The van der Waals surface area contributed by atoms with Gasteiger partial charge in [0.05, 0.1) is 6.54 Å². The first kappa shape index (κ1) is 17.1. The highest BCUT2D eigenvalue weighted by atomic mass is 32.1. The molecular formula is C15H27N3OS. The van der Waals surface area contributed by atoms with Gasteiger partial charge in [-0.3, -0.25) is 4.79 Å². The van der Waals surface area contributed by atoms with Gasteiger partial charge in [0.1, 0.15) is 5.01 Å². The van der Waals surface area contributed by atoms with Crippen LogP contribution in [-0.2, 0) is 17.8 Å². The molecule has 4 nitrogen and oxygen atoms in total. The van der Waals surface area contributed by atoms with E-state index in [4.69, 9.17) is 5.73 Å². The molecule has 1 rings (SSSR count). The number of aromatic nitrogens is 1. The van der Waals surface area contributed by atoms with Gasteiger partial charge in [-0.05, 0) is 31.7 Å². The molecule has 0 fully saturated rings. The highest BCUT2D eigenvalue weighted by Gasteiger charge is 2.10. The molecular weight excluding hydrogens is 270 g/mol. The van der Waals surface area contributed by atoms with Gasteiger partial charge < -0.3 is 11.1 Å². The largest absolute Gasteiger partial charge is 0.350 e. The molecule has 0 spiro atoms. The second-order valence-electron chi connectivity index (χ2n) is 5.12. The molecule has 1 amide bonds. The van der Waals surface area contributed by atoms with E-state index in [-0.39, 0.29) is 5.91 Å². The SMILES string of the molecule is CCCC(CCN)CCC(=O)NCc1ncc(CC)s1. The van der Waals surface area contributed by atoms with E-state index in [0.717, 1.165) is 37.1 Å². The third-order valence-corrected chi connectivity index (χ3v) is 4.58. The summed E-state index contributed by atoms with van der Waals surface area (Å²) < 4.78 is 0. The van der Waals surface area contributed by atoms with E-state index in [1.165, 1.54) is 4.88 Å². The van der Waals surface area contributed by atoms with Gasteiger partial charge in [0.15, 0.2) is 0 Å². The maximum atomic E-state index is 11.8. The molecule has 20 heavy (non-hydrogen) atoms. The van der Waals surface area contributed by atoms with Crippen molar-refractivity contribution < 1.29 is 4.79 Å². The molecule has 0 aliphatic heterocycles. The molecule has 3 N–H and O–H groups in total. The second-order valence-corrected chi connectivity index (χ2v) is 6.32. The topological polar surface area (TPSA) is 68.0 Å². The molecule has 0 aliphatic carbocycles. The van der Waals surface area contributed by atoms with Crippen LogP contribution in [0.5, 0.6) is 0 Å².